The van der Waals surface area contributed by atoms with Crippen molar-refractivity contribution in [3.8, 4) is 0 Å². The predicted molar refractivity (Wildman–Crippen MR) is 76.0 cm³/mol. The van der Waals surface area contributed by atoms with Crippen LogP contribution in [0.2, 0.25) is 0 Å². The number of anilines is 1. The van der Waals surface area contributed by atoms with Crippen LogP contribution in [0.3, 0.4) is 0 Å². The Hall–Kier alpha value is -2.09. The van der Waals surface area contributed by atoms with Gasteiger partial charge in [0.05, 0.1) is 16.3 Å². The van der Waals surface area contributed by atoms with Crippen molar-refractivity contribution in [1.29, 1.82) is 0 Å². The van der Waals surface area contributed by atoms with Gasteiger partial charge in [-0.1, -0.05) is 0 Å². The first-order valence-electron chi connectivity index (χ1n) is 6.18. The van der Waals surface area contributed by atoms with Crippen molar-refractivity contribution >= 4 is 16.0 Å². The molecule has 0 amide bonds. The van der Waals surface area contributed by atoms with Crippen LogP contribution < -0.4 is 4.72 Å². The van der Waals surface area contributed by atoms with Crippen molar-refractivity contribution < 1.29 is 12.8 Å². The number of rotatable bonds is 3. The molecule has 0 aliphatic heterocycles. The minimum atomic E-state index is -3.90. The number of hydrogen-bond acceptors (Lipinski definition) is 5. The fourth-order valence-electron chi connectivity index (χ4n) is 1.99. The van der Waals surface area contributed by atoms with Crippen LogP contribution in [-0.2, 0) is 10.0 Å². The molecule has 2 rings (SSSR count). The van der Waals surface area contributed by atoms with Gasteiger partial charge >= 0.3 is 0 Å². The molecule has 0 radical (unpaired) electrons. The zero-order valence-corrected chi connectivity index (χ0v) is 12.9. The first kappa shape index (κ1) is 15.3. The number of hydrogen-bond donors (Lipinski definition) is 1. The van der Waals surface area contributed by atoms with Crippen LogP contribution in [0.4, 0.5) is 10.3 Å². The maximum atomic E-state index is 13.3. The van der Waals surface area contributed by atoms with Gasteiger partial charge in [0, 0.05) is 0 Å². The van der Waals surface area contributed by atoms with Crippen LogP contribution in [0.5, 0.6) is 0 Å². The molecule has 0 atom stereocenters. The van der Waals surface area contributed by atoms with Gasteiger partial charge in [-0.3, -0.25) is 0 Å². The number of nitrogens with one attached hydrogen (secondary N) is 1. The summed E-state index contributed by atoms with van der Waals surface area (Å²) in [6, 6.07) is 2.34. The maximum Gasteiger partial charge on any atom is 0.264 e. The first-order chi connectivity index (χ1) is 9.70. The normalized spacial score (nSPS) is 11.5. The third kappa shape index (κ3) is 3.15. The minimum absolute atomic E-state index is 0.0192. The van der Waals surface area contributed by atoms with Gasteiger partial charge in [0.25, 0.3) is 16.0 Å². The topological polar surface area (TPSA) is 84.8 Å². The number of benzene rings is 1. The Bertz CT molecular complexity index is 783. The molecule has 0 saturated heterocycles. The highest BCUT2D eigenvalue weighted by molar-refractivity contribution is 7.92. The van der Waals surface area contributed by atoms with Gasteiger partial charge in [-0.15, -0.1) is 5.10 Å². The second-order valence-electron chi connectivity index (χ2n) is 4.78. The molecule has 1 aromatic heterocycles. The lowest BCUT2D eigenvalue weighted by atomic mass is 10.1. The first-order valence-corrected chi connectivity index (χ1v) is 7.66. The van der Waals surface area contributed by atoms with E-state index in [2.05, 4.69) is 19.9 Å². The van der Waals surface area contributed by atoms with Gasteiger partial charge in [-0.25, -0.2) is 22.5 Å². The molecule has 1 N–H and O–H groups in total. The largest absolute Gasteiger partial charge is 0.264 e. The molecule has 0 spiro atoms. The van der Waals surface area contributed by atoms with Crippen LogP contribution in [0.15, 0.2) is 17.0 Å². The van der Waals surface area contributed by atoms with Crippen LogP contribution in [0, 0.1) is 33.5 Å². The lowest BCUT2D eigenvalue weighted by Gasteiger charge is -2.12. The van der Waals surface area contributed by atoms with E-state index in [9.17, 15) is 12.8 Å². The SMILES string of the molecule is Cc1cc(F)cc(C)c1S(=O)(=O)Nc1nnc(C)c(C)n1. The molecule has 112 valence electrons. The van der Waals surface area contributed by atoms with E-state index in [0.717, 1.165) is 0 Å². The van der Waals surface area contributed by atoms with Crippen LogP contribution in [0.25, 0.3) is 0 Å². The monoisotopic (exact) mass is 310 g/mol. The third-order valence-electron chi connectivity index (χ3n) is 3.01. The highest BCUT2D eigenvalue weighted by Crippen LogP contribution is 2.23. The molecule has 2 aromatic rings. The van der Waals surface area contributed by atoms with Crippen LogP contribution in [0.1, 0.15) is 22.5 Å². The van der Waals surface area contributed by atoms with E-state index in [1.807, 2.05) is 0 Å². The number of halogens is 1. The van der Waals surface area contributed by atoms with E-state index in [-0.39, 0.29) is 10.8 Å². The van der Waals surface area contributed by atoms with Gasteiger partial charge in [-0.2, -0.15) is 5.10 Å². The highest BCUT2D eigenvalue weighted by Gasteiger charge is 2.22. The fourth-order valence-corrected chi connectivity index (χ4v) is 3.39. The number of nitrogens with zero attached hydrogens (tertiary/aromatic N) is 3. The molecule has 0 aliphatic rings. The molecule has 0 aliphatic carbocycles. The van der Waals surface area contributed by atoms with Crippen molar-refractivity contribution in [3.05, 3.63) is 40.5 Å². The summed E-state index contributed by atoms with van der Waals surface area (Å²) in [6.45, 7) is 6.49. The standard InChI is InChI=1S/C13H15FN4O2S/c1-7-5-11(14)6-8(2)12(7)21(19,20)18-13-15-9(3)10(4)16-17-13/h5-6H,1-4H3,(H,15,17,18). The smallest absolute Gasteiger partial charge is 0.246 e. The van der Waals surface area contributed by atoms with Crippen LogP contribution in [-0.4, -0.2) is 23.6 Å². The molecule has 0 bridgehead atoms. The van der Waals surface area contributed by atoms with Gasteiger partial charge in [-0.05, 0) is 51.0 Å². The highest BCUT2D eigenvalue weighted by atomic mass is 32.2. The molecule has 1 heterocycles. The van der Waals surface area contributed by atoms with Gasteiger partial charge < -0.3 is 0 Å². The Kier molecular flexibility index (Phi) is 3.91. The summed E-state index contributed by atoms with van der Waals surface area (Å²) in [5.74, 6) is -0.589. The molecular weight excluding hydrogens is 295 g/mol. The molecule has 21 heavy (non-hydrogen) atoms. The van der Waals surface area contributed by atoms with Crippen molar-refractivity contribution in [2.24, 2.45) is 0 Å². The lowest BCUT2D eigenvalue weighted by molar-refractivity contribution is 0.597. The maximum absolute atomic E-state index is 13.3. The molecule has 1 aromatic carbocycles. The molecule has 6 nitrogen and oxygen atoms in total. The summed E-state index contributed by atoms with van der Waals surface area (Å²) in [4.78, 5) is 4.04. The van der Waals surface area contributed by atoms with E-state index in [1.54, 1.807) is 13.8 Å². The minimum Gasteiger partial charge on any atom is -0.246 e. The van der Waals surface area contributed by atoms with E-state index in [1.165, 1.54) is 26.0 Å². The predicted octanol–water partition coefficient (Wildman–Crippen LogP) is 2.05. The molecule has 8 heteroatoms. The zero-order valence-electron chi connectivity index (χ0n) is 12.1. The van der Waals surface area contributed by atoms with Crippen molar-refractivity contribution in [2.45, 2.75) is 32.6 Å². The lowest BCUT2D eigenvalue weighted by Crippen LogP contribution is -2.18. The Morgan fingerprint density at radius 3 is 2.10 bits per heavy atom. The molecular formula is C13H15FN4O2S. The van der Waals surface area contributed by atoms with E-state index in [4.69, 9.17) is 0 Å². The number of aromatic nitrogens is 3. The third-order valence-corrected chi connectivity index (χ3v) is 4.64. The Morgan fingerprint density at radius 2 is 1.57 bits per heavy atom. The summed E-state index contributed by atoms with van der Waals surface area (Å²) in [7, 11) is -3.90. The van der Waals surface area contributed by atoms with Gasteiger partial charge in [0.15, 0.2) is 0 Å². The molecule has 0 saturated carbocycles. The number of sulfonamides is 1. The quantitative estimate of drug-likeness (QED) is 0.937. The molecule has 0 fully saturated rings. The summed E-state index contributed by atoms with van der Waals surface area (Å²) in [5, 5.41) is 7.52. The van der Waals surface area contributed by atoms with Crippen molar-refractivity contribution in [1.82, 2.24) is 15.2 Å². The Balaban J connectivity index is 2.46. The second-order valence-corrected chi connectivity index (χ2v) is 6.40. The average Bonchev–Trinajstić information content (AvgIpc) is 2.31. The summed E-state index contributed by atoms with van der Waals surface area (Å²) in [5.41, 5.74) is 1.83. The second kappa shape index (κ2) is 5.36. The zero-order chi connectivity index (χ0) is 15.8. The number of aryl methyl sites for hydroxylation is 4. The van der Waals surface area contributed by atoms with Crippen molar-refractivity contribution in [3.63, 3.8) is 0 Å². The van der Waals surface area contributed by atoms with Gasteiger partial charge in [0.2, 0.25) is 0 Å². The van der Waals surface area contributed by atoms with Crippen LogP contribution >= 0.6 is 0 Å². The Labute approximate surface area is 122 Å². The summed E-state index contributed by atoms with van der Waals surface area (Å²) in [6.07, 6.45) is 0. The van der Waals surface area contributed by atoms with E-state index in [0.29, 0.717) is 22.5 Å². The van der Waals surface area contributed by atoms with Crippen molar-refractivity contribution in [2.75, 3.05) is 4.72 Å². The van der Waals surface area contributed by atoms with E-state index < -0.39 is 15.8 Å². The molecule has 0 unspecified atom stereocenters. The van der Waals surface area contributed by atoms with Gasteiger partial charge in [0.1, 0.15) is 5.82 Å². The van der Waals surface area contributed by atoms with E-state index >= 15 is 0 Å². The fraction of sp³-hybridized carbons (Fsp3) is 0.308. The Morgan fingerprint density at radius 1 is 1.00 bits per heavy atom. The summed E-state index contributed by atoms with van der Waals surface area (Å²) >= 11 is 0. The summed E-state index contributed by atoms with van der Waals surface area (Å²) < 4.78 is 40.4. The average molecular weight is 310 g/mol.